The van der Waals surface area contributed by atoms with E-state index in [4.69, 9.17) is 4.74 Å². The van der Waals surface area contributed by atoms with Crippen molar-refractivity contribution in [1.82, 2.24) is 5.32 Å². The van der Waals surface area contributed by atoms with Gasteiger partial charge in [-0.25, -0.2) is 4.79 Å². The fraction of sp³-hybridized carbons (Fsp3) is 0.391. The van der Waals surface area contributed by atoms with Crippen LogP contribution in [0.25, 0.3) is 0 Å². The van der Waals surface area contributed by atoms with Crippen molar-refractivity contribution in [2.45, 2.75) is 44.6 Å². The first kappa shape index (κ1) is 20.9. The fourth-order valence-corrected chi connectivity index (χ4v) is 3.40. The highest BCUT2D eigenvalue weighted by molar-refractivity contribution is 6.04. The van der Waals surface area contributed by atoms with E-state index >= 15 is 0 Å². The Morgan fingerprint density at radius 3 is 2.38 bits per heavy atom. The molecule has 2 aromatic rings. The second-order valence-corrected chi connectivity index (χ2v) is 7.27. The van der Waals surface area contributed by atoms with Crippen LogP contribution in [-0.2, 0) is 4.74 Å². The summed E-state index contributed by atoms with van der Waals surface area (Å²) in [6.07, 6.45) is 7.34. The summed E-state index contributed by atoms with van der Waals surface area (Å²) in [5, 5.41) is 8.47. The molecule has 0 atom stereocenters. The molecule has 1 aliphatic carbocycles. The lowest BCUT2D eigenvalue weighted by Gasteiger charge is -2.21. The van der Waals surface area contributed by atoms with Crippen LogP contribution < -0.4 is 16.0 Å². The molecule has 154 valence electrons. The summed E-state index contributed by atoms with van der Waals surface area (Å²) < 4.78 is 5.86. The summed E-state index contributed by atoms with van der Waals surface area (Å²) in [5.74, 6) is -0.190. The fourth-order valence-electron chi connectivity index (χ4n) is 3.40. The van der Waals surface area contributed by atoms with Crippen molar-refractivity contribution in [3.63, 3.8) is 0 Å². The highest BCUT2D eigenvalue weighted by atomic mass is 16.5. The van der Waals surface area contributed by atoms with Gasteiger partial charge in [0, 0.05) is 30.1 Å². The van der Waals surface area contributed by atoms with E-state index < -0.39 is 0 Å². The van der Waals surface area contributed by atoms with Crippen LogP contribution in [0, 0.1) is 0 Å². The SMILES string of the molecule is O=C(NCCCOC1CCCCC1)Nc1cccc(NC(=O)c2ccccc2)c1. The molecule has 0 spiro atoms. The van der Waals surface area contributed by atoms with Crippen molar-refractivity contribution >= 4 is 23.3 Å². The molecule has 0 bridgehead atoms. The van der Waals surface area contributed by atoms with E-state index in [0.717, 1.165) is 19.3 Å². The molecule has 0 aromatic heterocycles. The average Bonchev–Trinajstić information content (AvgIpc) is 2.75. The van der Waals surface area contributed by atoms with Crippen LogP contribution in [-0.4, -0.2) is 31.2 Å². The molecule has 1 saturated carbocycles. The van der Waals surface area contributed by atoms with Gasteiger partial charge in [-0.3, -0.25) is 4.79 Å². The lowest BCUT2D eigenvalue weighted by atomic mass is 9.98. The minimum atomic E-state index is -0.269. The van der Waals surface area contributed by atoms with E-state index in [1.54, 1.807) is 36.4 Å². The van der Waals surface area contributed by atoms with Crippen molar-refractivity contribution in [2.75, 3.05) is 23.8 Å². The second kappa shape index (κ2) is 11.2. The highest BCUT2D eigenvalue weighted by Gasteiger charge is 2.13. The van der Waals surface area contributed by atoms with E-state index in [-0.39, 0.29) is 11.9 Å². The number of nitrogens with one attached hydrogen (secondary N) is 3. The van der Waals surface area contributed by atoms with Crippen molar-refractivity contribution < 1.29 is 14.3 Å². The van der Waals surface area contributed by atoms with Crippen LogP contribution in [0.15, 0.2) is 54.6 Å². The third-order valence-corrected chi connectivity index (χ3v) is 4.93. The van der Waals surface area contributed by atoms with Gasteiger partial charge in [-0.2, -0.15) is 0 Å². The smallest absolute Gasteiger partial charge is 0.319 e. The van der Waals surface area contributed by atoms with Crippen molar-refractivity contribution in [1.29, 1.82) is 0 Å². The number of ether oxygens (including phenoxy) is 1. The predicted octanol–water partition coefficient (Wildman–Crippen LogP) is 4.80. The maximum atomic E-state index is 12.2. The molecule has 0 unspecified atom stereocenters. The van der Waals surface area contributed by atoms with Gasteiger partial charge in [-0.15, -0.1) is 0 Å². The molecule has 0 saturated heterocycles. The third-order valence-electron chi connectivity index (χ3n) is 4.93. The third kappa shape index (κ3) is 7.23. The summed E-state index contributed by atoms with van der Waals surface area (Å²) >= 11 is 0. The van der Waals surface area contributed by atoms with Gasteiger partial charge in [-0.1, -0.05) is 43.5 Å². The van der Waals surface area contributed by atoms with E-state index in [1.165, 1.54) is 19.3 Å². The summed E-state index contributed by atoms with van der Waals surface area (Å²) in [6, 6.07) is 15.8. The molecule has 0 aliphatic heterocycles. The predicted molar refractivity (Wildman–Crippen MR) is 115 cm³/mol. The molecule has 6 nitrogen and oxygen atoms in total. The molecule has 3 rings (SSSR count). The van der Waals surface area contributed by atoms with Gasteiger partial charge in [0.1, 0.15) is 0 Å². The lowest BCUT2D eigenvalue weighted by molar-refractivity contribution is 0.0276. The minimum absolute atomic E-state index is 0.190. The molecular formula is C23H29N3O3. The second-order valence-electron chi connectivity index (χ2n) is 7.27. The van der Waals surface area contributed by atoms with E-state index in [0.29, 0.717) is 36.2 Å². The number of carbonyl (C=O) groups excluding carboxylic acids is 2. The lowest BCUT2D eigenvalue weighted by Crippen LogP contribution is -2.30. The van der Waals surface area contributed by atoms with Crippen molar-refractivity contribution in [2.24, 2.45) is 0 Å². The largest absolute Gasteiger partial charge is 0.378 e. The van der Waals surface area contributed by atoms with Gasteiger partial charge >= 0.3 is 6.03 Å². The van der Waals surface area contributed by atoms with Crippen molar-refractivity contribution in [3.05, 3.63) is 60.2 Å². The number of hydrogen-bond acceptors (Lipinski definition) is 3. The number of amides is 3. The monoisotopic (exact) mass is 395 g/mol. The standard InChI is InChI=1S/C23H29N3O3/c27-22(18-9-3-1-4-10-18)25-19-11-7-12-20(17-19)26-23(28)24-15-8-16-29-21-13-5-2-6-14-21/h1,3-4,7,9-12,17,21H,2,5-6,8,13-16H2,(H,25,27)(H2,24,26,28). The first-order valence-electron chi connectivity index (χ1n) is 10.3. The van der Waals surface area contributed by atoms with Crippen LogP contribution in [0.2, 0.25) is 0 Å². The van der Waals surface area contributed by atoms with Crippen LogP contribution in [0.4, 0.5) is 16.2 Å². The number of benzene rings is 2. The van der Waals surface area contributed by atoms with Gasteiger partial charge in [0.05, 0.1) is 6.10 Å². The Balaban J connectivity index is 1.37. The number of hydrogen-bond donors (Lipinski definition) is 3. The Kier molecular flexibility index (Phi) is 8.07. The van der Waals surface area contributed by atoms with Gasteiger partial charge in [-0.05, 0) is 49.6 Å². The van der Waals surface area contributed by atoms with Gasteiger partial charge in [0.25, 0.3) is 5.91 Å². The van der Waals surface area contributed by atoms with E-state index in [1.807, 2.05) is 18.2 Å². The summed E-state index contributed by atoms with van der Waals surface area (Å²) in [4.78, 5) is 24.3. The molecule has 0 radical (unpaired) electrons. The molecule has 6 heteroatoms. The number of carbonyl (C=O) groups is 2. The molecule has 2 aromatic carbocycles. The Morgan fingerprint density at radius 2 is 1.62 bits per heavy atom. The Hall–Kier alpha value is -2.86. The quantitative estimate of drug-likeness (QED) is 0.562. The number of rotatable bonds is 8. The Labute approximate surface area is 172 Å². The summed E-state index contributed by atoms with van der Waals surface area (Å²) in [7, 11) is 0. The maximum Gasteiger partial charge on any atom is 0.319 e. The molecule has 3 N–H and O–H groups in total. The Morgan fingerprint density at radius 1 is 0.897 bits per heavy atom. The van der Waals surface area contributed by atoms with Crippen LogP contribution in [0.1, 0.15) is 48.9 Å². The Bertz CT molecular complexity index is 789. The van der Waals surface area contributed by atoms with Crippen molar-refractivity contribution in [3.8, 4) is 0 Å². The van der Waals surface area contributed by atoms with Crippen LogP contribution >= 0.6 is 0 Å². The molecule has 1 aliphatic rings. The first-order chi connectivity index (χ1) is 14.2. The molecule has 3 amide bonds. The topological polar surface area (TPSA) is 79.5 Å². The zero-order chi connectivity index (χ0) is 20.3. The van der Waals surface area contributed by atoms with Gasteiger partial charge < -0.3 is 20.7 Å². The summed E-state index contributed by atoms with van der Waals surface area (Å²) in [6.45, 7) is 1.23. The van der Waals surface area contributed by atoms with Gasteiger partial charge in [0.2, 0.25) is 0 Å². The zero-order valence-corrected chi connectivity index (χ0v) is 16.7. The van der Waals surface area contributed by atoms with E-state index in [2.05, 4.69) is 16.0 Å². The van der Waals surface area contributed by atoms with E-state index in [9.17, 15) is 9.59 Å². The number of urea groups is 1. The minimum Gasteiger partial charge on any atom is -0.378 e. The first-order valence-corrected chi connectivity index (χ1v) is 10.3. The molecule has 0 heterocycles. The highest BCUT2D eigenvalue weighted by Crippen LogP contribution is 2.20. The molecule has 1 fully saturated rings. The van der Waals surface area contributed by atoms with Crippen LogP contribution in [0.3, 0.4) is 0 Å². The maximum absolute atomic E-state index is 12.2. The normalized spacial score (nSPS) is 14.2. The molecule has 29 heavy (non-hydrogen) atoms. The summed E-state index contributed by atoms with van der Waals surface area (Å²) in [5.41, 5.74) is 1.82. The number of anilines is 2. The average molecular weight is 396 g/mol. The zero-order valence-electron chi connectivity index (χ0n) is 16.7. The van der Waals surface area contributed by atoms with Crippen LogP contribution in [0.5, 0.6) is 0 Å². The molecular weight excluding hydrogens is 366 g/mol. The van der Waals surface area contributed by atoms with Gasteiger partial charge in [0.15, 0.2) is 0 Å².